The second-order valence-corrected chi connectivity index (χ2v) is 4.70. The van der Waals surface area contributed by atoms with Gasteiger partial charge in [0.25, 0.3) is 0 Å². The SMILES string of the molecule is Cc1cnnc(N2CCN(C(C)CN)CC2)c1. The van der Waals surface area contributed by atoms with Gasteiger partial charge in [0, 0.05) is 38.8 Å². The standard InChI is InChI=1S/C12H21N5/c1-10-7-12(15-14-9-10)17-5-3-16(4-6-17)11(2)8-13/h7,9,11H,3-6,8,13H2,1-2H3. The Balaban J connectivity index is 1.95. The van der Waals surface area contributed by atoms with E-state index in [1.165, 1.54) is 0 Å². The number of piperazine rings is 1. The summed E-state index contributed by atoms with van der Waals surface area (Å²) in [4.78, 5) is 4.72. The van der Waals surface area contributed by atoms with Gasteiger partial charge in [-0.3, -0.25) is 4.90 Å². The number of rotatable bonds is 3. The molecule has 1 aromatic rings. The van der Waals surface area contributed by atoms with E-state index < -0.39 is 0 Å². The first-order valence-corrected chi connectivity index (χ1v) is 6.19. The number of nitrogens with zero attached hydrogens (tertiary/aromatic N) is 4. The lowest BCUT2D eigenvalue weighted by Gasteiger charge is -2.38. The number of nitrogens with two attached hydrogens (primary N) is 1. The molecule has 2 heterocycles. The van der Waals surface area contributed by atoms with Gasteiger partial charge in [-0.1, -0.05) is 0 Å². The fraction of sp³-hybridized carbons (Fsp3) is 0.667. The molecule has 2 rings (SSSR count). The average molecular weight is 235 g/mol. The Labute approximate surface area is 103 Å². The van der Waals surface area contributed by atoms with Crippen LogP contribution in [0.25, 0.3) is 0 Å². The largest absolute Gasteiger partial charge is 0.353 e. The number of anilines is 1. The molecule has 0 aromatic carbocycles. The first-order valence-electron chi connectivity index (χ1n) is 6.19. The Morgan fingerprint density at radius 1 is 1.35 bits per heavy atom. The predicted molar refractivity (Wildman–Crippen MR) is 69.1 cm³/mol. The van der Waals surface area contributed by atoms with Gasteiger partial charge in [0.2, 0.25) is 0 Å². The Hall–Kier alpha value is -1.20. The van der Waals surface area contributed by atoms with Crippen LogP contribution in [-0.2, 0) is 0 Å². The van der Waals surface area contributed by atoms with Crippen molar-refractivity contribution in [3.05, 3.63) is 17.8 Å². The second kappa shape index (κ2) is 5.42. The molecule has 1 fully saturated rings. The minimum absolute atomic E-state index is 0.473. The normalized spacial score (nSPS) is 19.4. The molecule has 0 saturated carbocycles. The molecule has 0 aliphatic carbocycles. The highest BCUT2D eigenvalue weighted by Gasteiger charge is 2.21. The van der Waals surface area contributed by atoms with E-state index in [-0.39, 0.29) is 0 Å². The topological polar surface area (TPSA) is 58.3 Å². The van der Waals surface area contributed by atoms with Gasteiger partial charge >= 0.3 is 0 Å². The van der Waals surface area contributed by atoms with Crippen molar-refractivity contribution in [2.75, 3.05) is 37.6 Å². The zero-order chi connectivity index (χ0) is 12.3. The molecular formula is C12H21N5. The zero-order valence-electron chi connectivity index (χ0n) is 10.6. The van der Waals surface area contributed by atoms with Crippen molar-refractivity contribution >= 4 is 5.82 Å². The molecule has 1 aliphatic heterocycles. The van der Waals surface area contributed by atoms with Crippen LogP contribution in [0.15, 0.2) is 12.3 Å². The number of aromatic nitrogens is 2. The molecule has 2 N–H and O–H groups in total. The predicted octanol–water partition coefficient (Wildman–Crippen LogP) is 0.254. The van der Waals surface area contributed by atoms with Crippen molar-refractivity contribution in [2.45, 2.75) is 19.9 Å². The molecule has 0 radical (unpaired) electrons. The number of hydrogen-bond donors (Lipinski definition) is 1. The van der Waals surface area contributed by atoms with Gasteiger partial charge in [-0.15, -0.1) is 5.10 Å². The van der Waals surface area contributed by atoms with Crippen LogP contribution in [0.5, 0.6) is 0 Å². The van der Waals surface area contributed by atoms with Crippen LogP contribution in [0.3, 0.4) is 0 Å². The van der Waals surface area contributed by atoms with Gasteiger partial charge in [0.05, 0.1) is 6.20 Å². The molecule has 1 aromatic heterocycles. The molecule has 1 saturated heterocycles. The summed E-state index contributed by atoms with van der Waals surface area (Å²) in [5.74, 6) is 0.991. The maximum absolute atomic E-state index is 5.69. The van der Waals surface area contributed by atoms with Crippen molar-refractivity contribution in [1.82, 2.24) is 15.1 Å². The molecule has 5 heteroatoms. The quantitative estimate of drug-likeness (QED) is 0.814. The highest BCUT2D eigenvalue weighted by atomic mass is 15.3. The van der Waals surface area contributed by atoms with Crippen LogP contribution in [0.1, 0.15) is 12.5 Å². The Bertz CT molecular complexity index is 360. The third kappa shape index (κ3) is 2.92. The lowest BCUT2D eigenvalue weighted by atomic mass is 10.2. The van der Waals surface area contributed by atoms with E-state index in [1.54, 1.807) is 6.20 Å². The fourth-order valence-corrected chi connectivity index (χ4v) is 2.14. The first-order chi connectivity index (χ1) is 8.20. The number of hydrogen-bond acceptors (Lipinski definition) is 5. The maximum atomic E-state index is 5.69. The molecule has 94 valence electrons. The monoisotopic (exact) mass is 235 g/mol. The Kier molecular flexibility index (Phi) is 3.91. The van der Waals surface area contributed by atoms with Crippen molar-refractivity contribution in [2.24, 2.45) is 5.73 Å². The van der Waals surface area contributed by atoms with E-state index in [9.17, 15) is 0 Å². The third-order valence-corrected chi connectivity index (χ3v) is 3.38. The van der Waals surface area contributed by atoms with Gasteiger partial charge in [-0.2, -0.15) is 5.10 Å². The summed E-state index contributed by atoms with van der Waals surface area (Å²) in [5, 5.41) is 8.19. The van der Waals surface area contributed by atoms with Gasteiger partial charge < -0.3 is 10.6 Å². The molecule has 0 spiro atoms. The van der Waals surface area contributed by atoms with Gasteiger partial charge in [0.15, 0.2) is 5.82 Å². The van der Waals surface area contributed by atoms with Crippen LogP contribution >= 0.6 is 0 Å². The van der Waals surface area contributed by atoms with E-state index in [4.69, 9.17) is 5.73 Å². The van der Waals surface area contributed by atoms with E-state index in [0.29, 0.717) is 6.04 Å². The van der Waals surface area contributed by atoms with Crippen LogP contribution in [-0.4, -0.2) is 53.9 Å². The van der Waals surface area contributed by atoms with Crippen LogP contribution in [0, 0.1) is 6.92 Å². The molecule has 17 heavy (non-hydrogen) atoms. The third-order valence-electron chi connectivity index (χ3n) is 3.38. The molecule has 1 aliphatic rings. The summed E-state index contributed by atoms with van der Waals surface area (Å²) in [6.07, 6.45) is 1.79. The van der Waals surface area contributed by atoms with Crippen molar-refractivity contribution in [1.29, 1.82) is 0 Å². The van der Waals surface area contributed by atoms with E-state index in [2.05, 4.69) is 33.0 Å². The minimum atomic E-state index is 0.473. The lowest BCUT2D eigenvalue weighted by molar-refractivity contribution is 0.201. The Morgan fingerprint density at radius 2 is 2.06 bits per heavy atom. The highest BCUT2D eigenvalue weighted by Crippen LogP contribution is 2.14. The van der Waals surface area contributed by atoms with Crippen molar-refractivity contribution < 1.29 is 0 Å². The summed E-state index contributed by atoms with van der Waals surface area (Å²) in [6, 6.07) is 2.57. The highest BCUT2D eigenvalue weighted by molar-refractivity contribution is 5.39. The zero-order valence-corrected chi connectivity index (χ0v) is 10.6. The van der Waals surface area contributed by atoms with Crippen molar-refractivity contribution in [3.8, 4) is 0 Å². The summed E-state index contributed by atoms with van der Waals surface area (Å²) in [6.45, 7) is 9.06. The van der Waals surface area contributed by atoms with Gasteiger partial charge in [-0.25, -0.2) is 0 Å². The van der Waals surface area contributed by atoms with Gasteiger partial charge in [-0.05, 0) is 25.5 Å². The molecule has 1 atom stereocenters. The average Bonchev–Trinajstić information content (AvgIpc) is 2.38. The molecule has 5 nitrogen and oxygen atoms in total. The van der Waals surface area contributed by atoms with E-state index in [0.717, 1.165) is 44.1 Å². The second-order valence-electron chi connectivity index (χ2n) is 4.70. The summed E-state index contributed by atoms with van der Waals surface area (Å²) in [7, 11) is 0. The minimum Gasteiger partial charge on any atom is -0.353 e. The Morgan fingerprint density at radius 3 is 2.65 bits per heavy atom. The molecule has 1 unspecified atom stereocenters. The first kappa shape index (κ1) is 12.3. The van der Waals surface area contributed by atoms with Crippen LogP contribution in [0.2, 0.25) is 0 Å². The fourth-order valence-electron chi connectivity index (χ4n) is 2.14. The van der Waals surface area contributed by atoms with Crippen molar-refractivity contribution in [3.63, 3.8) is 0 Å². The lowest BCUT2D eigenvalue weighted by Crippen LogP contribution is -2.51. The smallest absolute Gasteiger partial charge is 0.151 e. The van der Waals surface area contributed by atoms with Crippen LogP contribution < -0.4 is 10.6 Å². The molecule has 0 bridgehead atoms. The summed E-state index contributed by atoms with van der Waals surface area (Å²) >= 11 is 0. The number of aryl methyl sites for hydroxylation is 1. The maximum Gasteiger partial charge on any atom is 0.151 e. The van der Waals surface area contributed by atoms with Crippen LogP contribution in [0.4, 0.5) is 5.82 Å². The molecule has 0 amide bonds. The summed E-state index contributed by atoms with van der Waals surface area (Å²) < 4.78 is 0. The van der Waals surface area contributed by atoms with E-state index >= 15 is 0 Å². The van der Waals surface area contributed by atoms with E-state index in [1.807, 2.05) is 6.92 Å². The summed E-state index contributed by atoms with van der Waals surface area (Å²) in [5.41, 5.74) is 6.85. The van der Waals surface area contributed by atoms with Gasteiger partial charge in [0.1, 0.15) is 0 Å². The molecular weight excluding hydrogens is 214 g/mol.